The lowest BCUT2D eigenvalue weighted by Gasteiger charge is -2.03. The van der Waals surface area contributed by atoms with E-state index in [2.05, 4.69) is 10.5 Å². The van der Waals surface area contributed by atoms with Crippen LogP contribution < -0.4 is 11.1 Å². The average Bonchev–Trinajstić information content (AvgIpc) is 2.14. The number of amides is 1. The molecular formula is C7H15N3O3. The maximum atomic E-state index is 10.9. The van der Waals surface area contributed by atoms with Crippen LogP contribution in [0.3, 0.4) is 0 Å². The second kappa shape index (κ2) is 7.35. The number of hydrogen-bond donors (Lipinski definition) is 3. The highest BCUT2D eigenvalue weighted by Crippen LogP contribution is 1.79. The first kappa shape index (κ1) is 11.7. The van der Waals surface area contributed by atoms with Gasteiger partial charge in [-0.25, -0.2) is 0 Å². The summed E-state index contributed by atoms with van der Waals surface area (Å²) in [6, 6.07) is 0. The number of rotatable bonds is 6. The van der Waals surface area contributed by atoms with Crippen LogP contribution in [0.25, 0.3) is 0 Å². The number of ether oxygens (including phenoxy) is 1. The molecular weight excluding hydrogens is 174 g/mol. The standard InChI is InChI=1S/C7H15N3O3/c1-2-3-13-5-7(11)9-4-6(8)10-12/h12H,2-5H2,1H3,(H2,8,10)(H,9,11). The quantitative estimate of drug-likeness (QED) is 0.169. The van der Waals surface area contributed by atoms with E-state index in [0.29, 0.717) is 6.61 Å². The van der Waals surface area contributed by atoms with Crippen LogP contribution in [0.4, 0.5) is 0 Å². The molecule has 1 amide bonds. The van der Waals surface area contributed by atoms with Crippen LogP contribution in [-0.4, -0.2) is 36.7 Å². The Labute approximate surface area is 76.7 Å². The van der Waals surface area contributed by atoms with Gasteiger partial charge in [-0.15, -0.1) is 0 Å². The minimum atomic E-state index is -0.278. The van der Waals surface area contributed by atoms with Gasteiger partial charge in [-0.3, -0.25) is 4.79 Å². The third-order valence-corrected chi connectivity index (χ3v) is 1.18. The van der Waals surface area contributed by atoms with Crippen molar-refractivity contribution in [1.82, 2.24) is 5.32 Å². The SMILES string of the molecule is CCCOCC(=O)NCC(N)=NO. The molecule has 0 aliphatic rings. The van der Waals surface area contributed by atoms with Gasteiger partial charge in [-0.1, -0.05) is 12.1 Å². The van der Waals surface area contributed by atoms with Crippen molar-refractivity contribution in [2.24, 2.45) is 10.9 Å². The van der Waals surface area contributed by atoms with E-state index in [-0.39, 0.29) is 24.9 Å². The van der Waals surface area contributed by atoms with E-state index in [4.69, 9.17) is 15.7 Å². The summed E-state index contributed by atoms with van der Waals surface area (Å²) in [5, 5.41) is 13.3. The Hall–Kier alpha value is -1.30. The van der Waals surface area contributed by atoms with Crippen molar-refractivity contribution < 1.29 is 14.7 Å². The van der Waals surface area contributed by atoms with Crippen molar-refractivity contribution >= 4 is 11.7 Å². The van der Waals surface area contributed by atoms with Gasteiger partial charge in [0.25, 0.3) is 0 Å². The summed E-state index contributed by atoms with van der Waals surface area (Å²) in [6.07, 6.45) is 0.869. The normalized spacial score (nSPS) is 11.3. The van der Waals surface area contributed by atoms with E-state index in [1.54, 1.807) is 0 Å². The van der Waals surface area contributed by atoms with E-state index < -0.39 is 0 Å². The second-order valence-corrected chi connectivity index (χ2v) is 2.42. The monoisotopic (exact) mass is 189 g/mol. The van der Waals surface area contributed by atoms with Crippen molar-refractivity contribution in [2.45, 2.75) is 13.3 Å². The molecule has 0 radical (unpaired) electrons. The second-order valence-electron chi connectivity index (χ2n) is 2.42. The number of nitrogens with one attached hydrogen (secondary N) is 1. The number of hydrogen-bond acceptors (Lipinski definition) is 4. The molecule has 0 rings (SSSR count). The number of oxime groups is 1. The zero-order valence-corrected chi connectivity index (χ0v) is 7.62. The molecule has 0 heterocycles. The topological polar surface area (TPSA) is 96.9 Å². The molecule has 13 heavy (non-hydrogen) atoms. The fraction of sp³-hybridized carbons (Fsp3) is 0.714. The molecule has 0 saturated carbocycles. The van der Waals surface area contributed by atoms with Gasteiger partial charge in [0.05, 0.1) is 6.54 Å². The fourth-order valence-electron chi connectivity index (χ4n) is 0.585. The van der Waals surface area contributed by atoms with Crippen molar-refractivity contribution in [3.63, 3.8) is 0 Å². The molecule has 6 nitrogen and oxygen atoms in total. The average molecular weight is 189 g/mol. The Morgan fingerprint density at radius 3 is 2.92 bits per heavy atom. The summed E-state index contributed by atoms with van der Waals surface area (Å²) < 4.78 is 4.96. The van der Waals surface area contributed by atoms with E-state index in [9.17, 15) is 4.79 Å². The Balaban J connectivity index is 3.41. The first-order valence-corrected chi connectivity index (χ1v) is 4.01. The van der Waals surface area contributed by atoms with E-state index in [1.807, 2.05) is 6.92 Å². The lowest BCUT2D eigenvalue weighted by atomic mass is 10.5. The van der Waals surface area contributed by atoms with Gasteiger partial charge in [0.2, 0.25) is 5.91 Å². The molecule has 0 aromatic carbocycles. The molecule has 0 fully saturated rings. The first-order chi connectivity index (χ1) is 6.20. The largest absolute Gasteiger partial charge is 0.409 e. The molecule has 0 aromatic heterocycles. The molecule has 0 atom stereocenters. The first-order valence-electron chi connectivity index (χ1n) is 4.01. The summed E-state index contributed by atoms with van der Waals surface area (Å²) >= 11 is 0. The summed E-state index contributed by atoms with van der Waals surface area (Å²) in [4.78, 5) is 10.9. The van der Waals surface area contributed by atoms with Crippen LogP contribution >= 0.6 is 0 Å². The van der Waals surface area contributed by atoms with Crippen LogP contribution in [0.5, 0.6) is 0 Å². The molecule has 0 bridgehead atoms. The summed E-state index contributed by atoms with van der Waals surface area (Å²) in [5.74, 6) is -0.316. The van der Waals surface area contributed by atoms with E-state index in [1.165, 1.54) is 0 Å². The van der Waals surface area contributed by atoms with Gasteiger partial charge < -0.3 is 21.0 Å². The molecule has 0 aliphatic heterocycles. The molecule has 0 saturated heterocycles. The zero-order chi connectivity index (χ0) is 10.1. The van der Waals surface area contributed by atoms with E-state index in [0.717, 1.165) is 6.42 Å². The highest BCUT2D eigenvalue weighted by Gasteiger charge is 2.00. The van der Waals surface area contributed by atoms with Gasteiger partial charge in [0.1, 0.15) is 6.61 Å². The van der Waals surface area contributed by atoms with Crippen LogP contribution in [0.1, 0.15) is 13.3 Å². The third kappa shape index (κ3) is 7.07. The number of nitrogens with two attached hydrogens (primary N) is 1. The third-order valence-electron chi connectivity index (χ3n) is 1.18. The number of carbonyl (C=O) groups excluding carboxylic acids is 1. The Bertz CT molecular complexity index is 182. The molecule has 0 aliphatic carbocycles. The summed E-state index contributed by atoms with van der Waals surface area (Å²) in [6.45, 7) is 2.54. The van der Waals surface area contributed by atoms with Gasteiger partial charge in [0, 0.05) is 6.61 Å². The van der Waals surface area contributed by atoms with Crippen LogP contribution in [0.2, 0.25) is 0 Å². The van der Waals surface area contributed by atoms with Crippen molar-refractivity contribution in [3.05, 3.63) is 0 Å². The van der Waals surface area contributed by atoms with Crippen molar-refractivity contribution in [1.29, 1.82) is 0 Å². The highest BCUT2D eigenvalue weighted by molar-refractivity contribution is 5.87. The zero-order valence-electron chi connectivity index (χ0n) is 7.62. The molecule has 6 heteroatoms. The van der Waals surface area contributed by atoms with Crippen LogP contribution in [-0.2, 0) is 9.53 Å². The van der Waals surface area contributed by atoms with Crippen LogP contribution in [0, 0.1) is 0 Å². The summed E-state index contributed by atoms with van der Waals surface area (Å²) in [5.41, 5.74) is 5.12. The van der Waals surface area contributed by atoms with Gasteiger partial charge >= 0.3 is 0 Å². The van der Waals surface area contributed by atoms with Gasteiger partial charge in [0.15, 0.2) is 5.84 Å². The molecule has 4 N–H and O–H groups in total. The highest BCUT2D eigenvalue weighted by atomic mass is 16.5. The number of amidine groups is 1. The number of nitrogens with zero attached hydrogens (tertiary/aromatic N) is 1. The predicted octanol–water partition coefficient (Wildman–Crippen LogP) is -0.724. The maximum absolute atomic E-state index is 10.9. The maximum Gasteiger partial charge on any atom is 0.246 e. The van der Waals surface area contributed by atoms with Gasteiger partial charge in [-0.05, 0) is 6.42 Å². The molecule has 0 spiro atoms. The van der Waals surface area contributed by atoms with Crippen LogP contribution in [0.15, 0.2) is 5.16 Å². The Kier molecular flexibility index (Phi) is 6.62. The number of carbonyl (C=O) groups is 1. The lowest BCUT2D eigenvalue weighted by molar-refractivity contribution is -0.125. The fourth-order valence-corrected chi connectivity index (χ4v) is 0.585. The Morgan fingerprint density at radius 2 is 2.38 bits per heavy atom. The lowest BCUT2D eigenvalue weighted by Crippen LogP contribution is -2.35. The molecule has 0 unspecified atom stereocenters. The van der Waals surface area contributed by atoms with Crippen molar-refractivity contribution in [3.8, 4) is 0 Å². The van der Waals surface area contributed by atoms with E-state index >= 15 is 0 Å². The molecule has 0 aromatic rings. The Morgan fingerprint density at radius 1 is 1.69 bits per heavy atom. The smallest absolute Gasteiger partial charge is 0.246 e. The summed E-state index contributed by atoms with van der Waals surface area (Å²) in [7, 11) is 0. The predicted molar refractivity (Wildman–Crippen MR) is 47.5 cm³/mol. The van der Waals surface area contributed by atoms with Gasteiger partial charge in [-0.2, -0.15) is 0 Å². The van der Waals surface area contributed by atoms with Crippen molar-refractivity contribution in [2.75, 3.05) is 19.8 Å². The molecule has 76 valence electrons. The minimum absolute atomic E-state index is 0.00650. The minimum Gasteiger partial charge on any atom is -0.409 e.